The van der Waals surface area contributed by atoms with E-state index in [2.05, 4.69) is 21.2 Å². The van der Waals surface area contributed by atoms with Crippen LogP contribution in [0.15, 0.2) is 33.6 Å². The molecule has 1 aliphatic heterocycles. The topological polar surface area (TPSA) is 70.9 Å². The van der Waals surface area contributed by atoms with Gasteiger partial charge in [0.2, 0.25) is 10.0 Å². The van der Waals surface area contributed by atoms with Crippen molar-refractivity contribution in [2.75, 3.05) is 32.7 Å². The molecule has 0 radical (unpaired) electrons. The summed E-state index contributed by atoms with van der Waals surface area (Å²) >= 11 is 3.31. The number of hydrogen-bond donors (Lipinski definition) is 2. The van der Waals surface area contributed by atoms with E-state index in [4.69, 9.17) is 0 Å². The van der Waals surface area contributed by atoms with Crippen LogP contribution in [0.25, 0.3) is 0 Å². The zero-order valence-electron chi connectivity index (χ0n) is 14.1. The maximum absolute atomic E-state index is 12.7. The molecule has 1 heterocycles. The van der Waals surface area contributed by atoms with Crippen LogP contribution in [0.5, 0.6) is 0 Å². The molecule has 1 fully saturated rings. The molecular weight excluding hydrogens is 394 g/mol. The van der Waals surface area contributed by atoms with Gasteiger partial charge < -0.3 is 10.2 Å². The Kier molecular flexibility index (Phi) is 6.79. The predicted octanol–water partition coefficient (Wildman–Crippen LogP) is 0.253. The van der Waals surface area contributed by atoms with Crippen molar-refractivity contribution in [3.05, 3.63) is 28.7 Å². The van der Waals surface area contributed by atoms with Crippen molar-refractivity contribution in [1.29, 1.82) is 0 Å². The number of quaternary nitrogens is 1. The molecule has 1 aromatic carbocycles. The molecule has 1 aliphatic rings. The fourth-order valence-electron chi connectivity index (χ4n) is 2.65. The van der Waals surface area contributed by atoms with E-state index in [0.29, 0.717) is 37.6 Å². The smallest absolute Gasteiger partial charge is 0.275 e. The van der Waals surface area contributed by atoms with Crippen LogP contribution in [0.4, 0.5) is 0 Å². The molecule has 0 saturated carbocycles. The number of sulfonamides is 1. The second-order valence-corrected chi connectivity index (χ2v) is 9.02. The van der Waals surface area contributed by atoms with Gasteiger partial charge in [-0.1, -0.05) is 28.9 Å². The second-order valence-electron chi connectivity index (χ2n) is 6.17. The quantitative estimate of drug-likeness (QED) is 0.695. The Bertz CT molecular complexity index is 673. The number of benzene rings is 1. The number of carbonyl (C=O) groups excluding carboxylic acids is 1. The standard InChI is InChI=1S/C16H24BrN3O3S/c1-3-13(2)18-16(21)12-19-7-9-20(10-8-19)24(22,23)15-6-4-5-14(17)11-15/h4-6,11,13H,3,7-10,12H2,1-2H3,(H,18,21)/p+1/t13-/m0/s1. The molecule has 2 N–H and O–H groups in total. The first-order valence-corrected chi connectivity index (χ1v) is 10.4. The summed E-state index contributed by atoms with van der Waals surface area (Å²) in [5, 5.41) is 2.95. The fourth-order valence-corrected chi connectivity index (χ4v) is 4.69. The van der Waals surface area contributed by atoms with Crippen molar-refractivity contribution >= 4 is 31.9 Å². The minimum Gasteiger partial charge on any atom is -0.349 e. The van der Waals surface area contributed by atoms with Gasteiger partial charge in [0.1, 0.15) is 0 Å². The molecule has 24 heavy (non-hydrogen) atoms. The van der Waals surface area contributed by atoms with Gasteiger partial charge in [0, 0.05) is 10.5 Å². The summed E-state index contributed by atoms with van der Waals surface area (Å²) in [4.78, 5) is 13.4. The molecule has 2 rings (SSSR count). The van der Waals surface area contributed by atoms with E-state index in [1.807, 2.05) is 13.8 Å². The Hall–Kier alpha value is -0.960. The van der Waals surface area contributed by atoms with Crippen LogP contribution < -0.4 is 10.2 Å². The number of hydrogen-bond acceptors (Lipinski definition) is 3. The Balaban J connectivity index is 1.91. The van der Waals surface area contributed by atoms with Crippen LogP contribution in [0.3, 0.4) is 0 Å². The average Bonchev–Trinajstić information content (AvgIpc) is 2.55. The van der Waals surface area contributed by atoms with Crippen LogP contribution in [-0.4, -0.2) is 57.4 Å². The van der Waals surface area contributed by atoms with Crippen LogP contribution in [0.2, 0.25) is 0 Å². The third-order valence-corrected chi connectivity index (χ3v) is 6.68. The SMILES string of the molecule is CC[C@H](C)NC(=O)C[NH+]1CCN(S(=O)(=O)c2cccc(Br)c2)CC1. The van der Waals surface area contributed by atoms with Crippen molar-refractivity contribution in [1.82, 2.24) is 9.62 Å². The lowest BCUT2D eigenvalue weighted by atomic mass is 10.2. The highest BCUT2D eigenvalue weighted by Gasteiger charge is 2.31. The van der Waals surface area contributed by atoms with E-state index in [0.717, 1.165) is 15.8 Å². The maximum atomic E-state index is 12.7. The van der Waals surface area contributed by atoms with Crippen molar-refractivity contribution in [3.63, 3.8) is 0 Å². The fraction of sp³-hybridized carbons (Fsp3) is 0.562. The highest BCUT2D eigenvalue weighted by Crippen LogP contribution is 2.19. The predicted molar refractivity (Wildman–Crippen MR) is 96.4 cm³/mol. The number of nitrogens with one attached hydrogen (secondary N) is 2. The van der Waals surface area contributed by atoms with Crippen LogP contribution in [0, 0.1) is 0 Å². The summed E-state index contributed by atoms with van der Waals surface area (Å²) in [6.07, 6.45) is 0.903. The van der Waals surface area contributed by atoms with Gasteiger partial charge in [-0.15, -0.1) is 0 Å². The van der Waals surface area contributed by atoms with Gasteiger partial charge in [0.25, 0.3) is 5.91 Å². The molecule has 1 atom stereocenters. The molecular formula is C16H25BrN3O3S+. The Morgan fingerprint density at radius 3 is 2.62 bits per heavy atom. The van der Waals surface area contributed by atoms with Crippen molar-refractivity contribution in [3.8, 4) is 0 Å². The number of nitrogens with zero attached hydrogens (tertiary/aromatic N) is 1. The van der Waals surface area contributed by atoms with E-state index in [1.54, 1.807) is 24.3 Å². The summed E-state index contributed by atoms with van der Waals surface area (Å²) < 4.78 is 27.6. The summed E-state index contributed by atoms with van der Waals surface area (Å²) in [5.74, 6) is 0.0302. The Labute approximate surface area is 152 Å². The zero-order valence-corrected chi connectivity index (χ0v) is 16.5. The zero-order chi connectivity index (χ0) is 17.7. The molecule has 0 unspecified atom stereocenters. The number of halogens is 1. The second kappa shape index (κ2) is 8.42. The highest BCUT2D eigenvalue weighted by molar-refractivity contribution is 9.10. The molecule has 0 aromatic heterocycles. The van der Waals surface area contributed by atoms with Crippen molar-refractivity contribution < 1.29 is 18.1 Å². The lowest BCUT2D eigenvalue weighted by molar-refractivity contribution is -0.895. The molecule has 1 amide bonds. The molecule has 0 spiro atoms. The van der Waals surface area contributed by atoms with Gasteiger partial charge in [-0.2, -0.15) is 4.31 Å². The molecule has 6 nitrogen and oxygen atoms in total. The minimum absolute atomic E-state index is 0.0302. The molecule has 1 saturated heterocycles. The van der Waals surface area contributed by atoms with E-state index < -0.39 is 10.0 Å². The number of amides is 1. The first-order valence-electron chi connectivity index (χ1n) is 8.21. The first kappa shape index (κ1) is 19.4. The minimum atomic E-state index is -3.47. The van der Waals surface area contributed by atoms with Crippen LogP contribution in [0.1, 0.15) is 20.3 Å². The molecule has 1 aromatic rings. The normalized spacial score (nSPS) is 18.3. The van der Waals surface area contributed by atoms with Crippen LogP contribution >= 0.6 is 15.9 Å². The lowest BCUT2D eigenvalue weighted by Gasteiger charge is -2.31. The first-order chi connectivity index (χ1) is 11.3. The van der Waals surface area contributed by atoms with E-state index in [9.17, 15) is 13.2 Å². The lowest BCUT2D eigenvalue weighted by Crippen LogP contribution is -3.15. The largest absolute Gasteiger partial charge is 0.349 e. The summed E-state index contributed by atoms with van der Waals surface area (Å²) in [5.41, 5.74) is 0. The Morgan fingerprint density at radius 2 is 2.04 bits per heavy atom. The number of rotatable bonds is 6. The van der Waals surface area contributed by atoms with Gasteiger partial charge in [-0.25, -0.2) is 8.42 Å². The van der Waals surface area contributed by atoms with Gasteiger partial charge >= 0.3 is 0 Å². The molecule has 0 aliphatic carbocycles. The summed E-state index contributed by atoms with van der Waals surface area (Å²) in [6.45, 7) is 6.55. The monoisotopic (exact) mass is 418 g/mol. The molecule has 134 valence electrons. The van der Waals surface area contributed by atoms with Gasteiger partial charge in [0.15, 0.2) is 6.54 Å². The van der Waals surface area contributed by atoms with Crippen molar-refractivity contribution in [2.24, 2.45) is 0 Å². The molecule has 0 bridgehead atoms. The third-order valence-electron chi connectivity index (χ3n) is 4.29. The maximum Gasteiger partial charge on any atom is 0.275 e. The Morgan fingerprint density at radius 1 is 1.38 bits per heavy atom. The molecule has 8 heteroatoms. The van der Waals surface area contributed by atoms with Gasteiger partial charge in [0.05, 0.1) is 31.1 Å². The van der Waals surface area contributed by atoms with Gasteiger partial charge in [-0.05, 0) is 31.5 Å². The third kappa shape index (κ3) is 5.02. The van der Waals surface area contributed by atoms with Crippen molar-refractivity contribution in [2.45, 2.75) is 31.2 Å². The van der Waals surface area contributed by atoms with E-state index >= 15 is 0 Å². The highest BCUT2D eigenvalue weighted by atomic mass is 79.9. The van der Waals surface area contributed by atoms with Crippen LogP contribution in [-0.2, 0) is 14.8 Å². The summed E-state index contributed by atoms with van der Waals surface area (Å²) in [6, 6.07) is 6.93. The number of carbonyl (C=O) groups is 1. The number of piperazine rings is 1. The summed E-state index contributed by atoms with van der Waals surface area (Å²) in [7, 11) is -3.47. The average molecular weight is 419 g/mol. The van der Waals surface area contributed by atoms with Gasteiger partial charge in [-0.3, -0.25) is 4.79 Å². The van der Waals surface area contributed by atoms with E-state index in [1.165, 1.54) is 4.31 Å². The van der Waals surface area contributed by atoms with E-state index in [-0.39, 0.29) is 11.9 Å².